The zero-order chi connectivity index (χ0) is 19.1. The van der Waals surface area contributed by atoms with Crippen LogP contribution in [0.3, 0.4) is 0 Å². The molecule has 0 bridgehead atoms. The molecule has 1 aliphatic heterocycles. The number of likely N-dealkylation sites (tertiary alicyclic amines) is 1. The molecule has 2 rings (SSSR count). The number of esters is 1. The molecule has 3 atom stereocenters. The van der Waals surface area contributed by atoms with Crippen LogP contribution < -0.4 is 4.74 Å². The molecule has 3 unspecified atom stereocenters. The van der Waals surface area contributed by atoms with E-state index in [1.807, 2.05) is 31.2 Å². The molecule has 1 aliphatic rings. The predicted octanol–water partition coefficient (Wildman–Crippen LogP) is 2.15. The average Bonchev–Trinajstić information content (AvgIpc) is 2.91. The van der Waals surface area contributed by atoms with Crippen molar-refractivity contribution in [3.8, 4) is 5.75 Å². The van der Waals surface area contributed by atoms with Crippen LogP contribution in [-0.2, 0) is 20.7 Å². The predicted molar refractivity (Wildman–Crippen MR) is 95.0 cm³/mol. The van der Waals surface area contributed by atoms with Crippen LogP contribution in [0.15, 0.2) is 24.3 Å². The van der Waals surface area contributed by atoms with Crippen LogP contribution in [0.4, 0.5) is 4.79 Å². The lowest BCUT2D eigenvalue weighted by atomic mass is 10.0. The maximum Gasteiger partial charge on any atom is 0.410 e. The number of rotatable bonds is 7. The third-order valence-electron chi connectivity index (χ3n) is 4.41. The number of hydrogen-bond donors (Lipinski definition) is 1. The van der Waals surface area contributed by atoms with E-state index in [0.717, 1.165) is 24.2 Å². The Morgan fingerprint density at radius 1 is 1.27 bits per heavy atom. The van der Waals surface area contributed by atoms with Crippen molar-refractivity contribution in [1.82, 2.24) is 4.90 Å². The van der Waals surface area contributed by atoms with Gasteiger partial charge in [0.2, 0.25) is 0 Å². The molecule has 1 saturated heterocycles. The highest BCUT2D eigenvalue weighted by atomic mass is 16.6. The molecular formula is C19H27NO6. The molecule has 0 aliphatic carbocycles. The van der Waals surface area contributed by atoms with Gasteiger partial charge in [0.05, 0.1) is 26.3 Å². The molecule has 0 spiro atoms. The molecule has 1 N–H and O–H groups in total. The highest BCUT2D eigenvalue weighted by Crippen LogP contribution is 2.26. The van der Waals surface area contributed by atoms with Crippen molar-refractivity contribution in [1.29, 1.82) is 0 Å². The quantitative estimate of drug-likeness (QED) is 0.589. The maximum absolute atomic E-state index is 12.4. The van der Waals surface area contributed by atoms with Gasteiger partial charge < -0.3 is 19.3 Å². The lowest BCUT2D eigenvalue weighted by molar-refractivity contribution is -0.151. The summed E-state index contributed by atoms with van der Waals surface area (Å²) in [4.78, 5) is 25.3. The first kappa shape index (κ1) is 20.0. The first-order valence-corrected chi connectivity index (χ1v) is 8.87. The van der Waals surface area contributed by atoms with Crippen molar-refractivity contribution in [3.63, 3.8) is 0 Å². The second kappa shape index (κ2) is 9.43. The number of nitrogens with zero attached hydrogens (tertiary/aromatic N) is 1. The van der Waals surface area contributed by atoms with Gasteiger partial charge in [-0.3, -0.25) is 9.69 Å². The first-order valence-electron chi connectivity index (χ1n) is 8.87. The van der Waals surface area contributed by atoms with Crippen molar-refractivity contribution < 1.29 is 28.9 Å². The van der Waals surface area contributed by atoms with Gasteiger partial charge >= 0.3 is 12.1 Å². The molecule has 1 aromatic carbocycles. The summed E-state index contributed by atoms with van der Waals surface area (Å²) in [5, 5.41) is 10.3. The summed E-state index contributed by atoms with van der Waals surface area (Å²) >= 11 is 0. The van der Waals surface area contributed by atoms with E-state index in [-0.39, 0.29) is 6.54 Å². The van der Waals surface area contributed by atoms with Gasteiger partial charge in [0.1, 0.15) is 18.0 Å². The second-order valence-corrected chi connectivity index (χ2v) is 6.38. The van der Waals surface area contributed by atoms with Crippen LogP contribution >= 0.6 is 0 Å². The van der Waals surface area contributed by atoms with Crippen LogP contribution in [-0.4, -0.2) is 60.6 Å². The van der Waals surface area contributed by atoms with Gasteiger partial charge in [0, 0.05) is 6.92 Å². The monoisotopic (exact) mass is 365 g/mol. The van der Waals surface area contributed by atoms with E-state index in [4.69, 9.17) is 14.2 Å². The van der Waals surface area contributed by atoms with Crippen molar-refractivity contribution in [2.45, 2.75) is 51.4 Å². The Morgan fingerprint density at radius 3 is 2.54 bits per heavy atom. The summed E-state index contributed by atoms with van der Waals surface area (Å²) < 4.78 is 15.7. The highest BCUT2D eigenvalue weighted by molar-refractivity contribution is 5.70. The van der Waals surface area contributed by atoms with Crippen molar-refractivity contribution in [2.75, 3.05) is 20.3 Å². The number of aliphatic hydroxyl groups is 1. The van der Waals surface area contributed by atoms with E-state index in [1.54, 1.807) is 7.11 Å². The molecule has 7 nitrogen and oxygen atoms in total. The lowest BCUT2D eigenvalue weighted by Gasteiger charge is -2.27. The Morgan fingerprint density at radius 2 is 1.96 bits per heavy atom. The number of carbonyl (C=O) groups is 2. The Kier molecular flexibility index (Phi) is 7.26. The van der Waals surface area contributed by atoms with E-state index in [0.29, 0.717) is 13.0 Å². The minimum absolute atomic E-state index is 0.0731. The van der Waals surface area contributed by atoms with E-state index < -0.39 is 30.3 Å². The second-order valence-electron chi connectivity index (χ2n) is 6.38. The topological polar surface area (TPSA) is 85.3 Å². The normalized spacial score (nSPS) is 22.2. The van der Waals surface area contributed by atoms with Gasteiger partial charge in [-0.05, 0) is 30.5 Å². The van der Waals surface area contributed by atoms with Crippen LogP contribution in [0, 0.1) is 0 Å². The van der Waals surface area contributed by atoms with Crippen molar-refractivity contribution in [3.05, 3.63) is 29.8 Å². The summed E-state index contributed by atoms with van der Waals surface area (Å²) in [6, 6.07) is 6.93. The number of hydrogen-bond acceptors (Lipinski definition) is 6. The summed E-state index contributed by atoms with van der Waals surface area (Å²) in [6.07, 6.45) is -0.0956. The number of ether oxygens (including phenoxy) is 3. The summed E-state index contributed by atoms with van der Waals surface area (Å²) in [5.74, 6) is 0.238. The fourth-order valence-electron chi connectivity index (χ4n) is 3.05. The molecule has 0 saturated carbocycles. The number of benzene rings is 1. The zero-order valence-electron chi connectivity index (χ0n) is 15.5. The molecule has 7 heteroatoms. The van der Waals surface area contributed by atoms with Gasteiger partial charge in [-0.15, -0.1) is 0 Å². The number of carbonyl (C=O) groups excluding carboxylic acids is 2. The van der Waals surface area contributed by atoms with Gasteiger partial charge in [-0.2, -0.15) is 0 Å². The largest absolute Gasteiger partial charge is 0.497 e. The van der Waals surface area contributed by atoms with E-state index in [2.05, 4.69) is 0 Å². The molecule has 0 radical (unpaired) electrons. The molecule has 1 fully saturated rings. The Labute approximate surface area is 153 Å². The highest BCUT2D eigenvalue weighted by Gasteiger charge is 2.46. The van der Waals surface area contributed by atoms with E-state index in [9.17, 15) is 14.7 Å². The number of methoxy groups -OCH3 is 1. The molecule has 1 heterocycles. The van der Waals surface area contributed by atoms with Crippen molar-refractivity contribution >= 4 is 12.1 Å². The molecule has 1 aromatic rings. The van der Waals surface area contributed by atoms with E-state index in [1.165, 1.54) is 11.8 Å². The maximum atomic E-state index is 12.4. The summed E-state index contributed by atoms with van der Waals surface area (Å²) in [5.41, 5.74) is 0.938. The molecular weight excluding hydrogens is 338 g/mol. The Hall–Kier alpha value is -2.28. The minimum Gasteiger partial charge on any atom is -0.497 e. The minimum atomic E-state index is -0.944. The Bertz CT molecular complexity index is 603. The number of amides is 1. The fraction of sp³-hybridized carbons (Fsp3) is 0.579. The van der Waals surface area contributed by atoms with Gasteiger partial charge in [-0.1, -0.05) is 25.5 Å². The lowest BCUT2D eigenvalue weighted by Crippen LogP contribution is -2.43. The number of β-amino-alcohol motifs (C(OH)–C–C–N with tert-alkyl or cyclic N) is 1. The standard InChI is InChI=1S/C19H27NO6/c1-4-5-10-25-19(23)20-12-17(22)18(26-13(2)21)16(20)11-14-6-8-15(24-3)9-7-14/h6-9,16-18,22H,4-5,10-12H2,1-3H3. The van der Waals surface area contributed by atoms with Crippen molar-refractivity contribution in [2.24, 2.45) is 0 Å². The fourth-order valence-corrected chi connectivity index (χ4v) is 3.05. The molecule has 26 heavy (non-hydrogen) atoms. The smallest absolute Gasteiger partial charge is 0.410 e. The third-order valence-corrected chi connectivity index (χ3v) is 4.41. The van der Waals surface area contributed by atoms with Crippen LogP contribution in [0.25, 0.3) is 0 Å². The Balaban J connectivity index is 2.16. The summed E-state index contributed by atoms with van der Waals surface area (Å²) in [7, 11) is 1.59. The average molecular weight is 365 g/mol. The number of unbranched alkanes of at least 4 members (excludes halogenated alkanes) is 1. The van der Waals surface area contributed by atoms with Crippen LogP contribution in [0.2, 0.25) is 0 Å². The van der Waals surface area contributed by atoms with Crippen LogP contribution in [0.5, 0.6) is 5.75 Å². The first-order chi connectivity index (χ1) is 12.5. The van der Waals surface area contributed by atoms with Gasteiger partial charge in [0.25, 0.3) is 0 Å². The zero-order valence-corrected chi connectivity index (χ0v) is 15.5. The van der Waals surface area contributed by atoms with E-state index >= 15 is 0 Å². The van der Waals surface area contributed by atoms with Gasteiger partial charge in [-0.25, -0.2) is 4.79 Å². The van der Waals surface area contributed by atoms with Crippen LogP contribution in [0.1, 0.15) is 32.3 Å². The number of aliphatic hydroxyl groups excluding tert-OH is 1. The SMILES string of the molecule is CCCCOC(=O)N1CC(O)C(OC(C)=O)C1Cc1ccc(OC)cc1. The summed E-state index contributed by atoms with van der Waals surface area (Å²) in [6.45, 7) is 3.70. The molecule has 1 amide bonds. The third kappa shape index (κ3) is 5.11. The molecule has 0 aromatic heterocycles. The molecule has 144 valence electrons. The van der Waals surface area contributed by atoms with Gasteiger partial charge in [0.15, 0.2) is 0 Å².